The number of halogens is 1. The fraction of sp³-hybridized carbons (Fsp3) is 0.417. The lowest BCUT2D eigenvalue weighted by molar-refractivity contribution is 0.589. The van der Waals surface area contributed by atoms with Crippen molar-refractivity contribution in [2.24, 2.45) is 0 Å². The molecule has 0 saturated heterocycles. The van der Waals surface area contributed by atoms with Crippen LogP contribution in [0, 0.1) is 0 Å². The fourth-order valence-corrected chi connectivity index (χ4v) is 1.74. The van der Waals surface area contributed by atoms with Gasteiger partial charge in [0.1, 0.15) is 0 Å². The zero-order valence-electron chi connectivity index (χ0n) is 9.59. The van der Waals surface area contributed by atoms with Gasteiger partial charge in [-0.25, -0.2) is 0 Å². The molecule has 2 rings (SSSR count). The molecule has 0 atom stereocenters. The van der Waals surface area contributed by atoms with Crippen LogP contribution < -0.4 is 0 Å². The maximum Gasteiger partial charge on any atom is 0.0827 e. The molecule has 2 aromatic heterocycles. The van der Waals surface area contributed by atoms with E-state index in [1.807, 2.05) is 35.4 Å². The lowest BCUT2D eigenvalue weighted by atomic mass is 10.2. The van der Waals surface area contributed by atoms with Gasteiger partial charge in [-0.15, -0.1) is 16.7 Å². The number of hydrogen-bond donors (Lipinski definition) is 0. The van der Waals surface area contributed by atoms with Gasteiger partial charge in [-0.05, 0) is 37.0 Å². The van der Waals surface area contributed by atoms with Crippen molar-refractivity contribution in [3.05, 3.63) is 42.0 Å². The number of aromatic nitrogens is 4. The molecule has 5 heteroatoms. The zero-order valence-corrected chi connectivity index (χ0v) is 10.3. The van der Waals surface area contributed by atoms with Crippen LogP contribution in [-0.4, -0.2) is 25.9 Å². The second-order valence-electron chi connectivity index (χ2n) is 3.87. The van der Waals surface area contributed by atoms with E-state index in [9.17, 15) is 0 Å². The van der Waals surface area contributed by atoms with Crippen molar-refractivity contribution in [2.45, 2.75) is 25.8 Å². The number of hydrogen-bond acceptors (Lipinski definition) is 3. The van der Waals surface area contributed by atoms with Crippen molar-refractivity contribution in [3.8, 4) is 0 Å². The molecule has 4 nitrogen and oxygen atoms in total. The minimum absolute atomic E-state index is 0.671. The Hall–Kier alpha value is -1.42. The molecule has 0 aliphatic heterocycles. The summed E-state index contributed by atoms with van der Waals surface area (Å²) in [6.07, 6.45) is 8.41. The normalized spacial score (nSPS) is 10.6. The van der Waals surface area contributed by atoms with E-state index >= 15 is 0 Å². The van der Waals surface area contributed by atoms with E-state index in [-0.39, 0.29) is 0 Å². The molecule has 0 saturated carbocycles. The molecular formula is C12H15ClN4. The van der Waals surface area contributed by atoms with Gasteiger partial charge in [0.25, 0.3) is 0 Å². The Morgan fingerprint density at radius 1 is 1.18 bits per heavy atom. The molecule has 0 bridgehead atoms. The van der Waals surface area contributed by atoms with Crippen molar-refractivity contribution >= 4 is 11.6 Å². The first-order chi connectivity index (χ1) is 8.38. The van der Waals surface area contributed by atoms with Gasteiger partial charge in [-0.1, -0.05) is 5.21 Å². The third kappa shape index (κ3) is 3.82. The molecule has 0 radical (unpaired) electrons. The Balaban J connectivity index is 1.85. The third-order valence-corrected chi connectivity index (χ3v) is 2.80. The molecule has 0 aliphatic rings. The number of aryl methyl sites for hydroxylation is 3. The minimum atomic E-state index is 0.671. The van der Waals surface area contributed by atoms with Crippen molar-refractivity contribution in [2.75, 3.05) is 5.88 Å². The van der Waals surface area contributed by atoms with Gasteiger partial charge in [0.2, 0.25) is 0 Å². The molecule has 2 heterocycles. The molecule has 0 aliphatic carbocycles. The van der Waals surface area contributed by atoms with E-state index in [1.54, 1.807) is 0 Å². The highest BCUT2D eigenvalue weighted by Gasteiger charge is 2.00. The van der Waals surface area contributed by atoms with Crippen LogP contribution in [0.15, 0.2) is 30.7 Å². The van der Waals surface area contributed by atoms with Crippen molar-refractivity contribution in [1.29, 1.82) is 0 Å². The maximum atomic E-state index is 5.64. The van der Waals surface area contributed by atoms with Gasteiger partial charge < -0.3 is 0 Å². The van der Waals surface area contributed by atoms with Gasteiger partial charge in [0.05, 0.1) is 5.69 Å². The standard InChI is InChI=1S/C12H15ClN4/c13-6-1-2-12-10-17(16-15-12)9-5-11-3-7-14-8-4-11/h3-4,7-8,10H,1-2,5-6,9H2. The number of alkyl halides is 1. The summed E-state index contributed by atoms with van der Waals surface area (Å²) in [7, 11) is 0. The average molecular weight is 251 g/mol. The SMILES string of the molecule is ClCCCc1cn(CCc2ccncc2)nn1. The number of pyridine rings is 1. The molecule has 90 valence electrons. The summed E-state index contributed by atoms with van der Waals surface area (Å²) in [5, 5.41) is 8.20. The highest BCUT2D eigenvalue weighted by atomic mass is 35.5. The third-order valence-electron chi connectivity index (χ3n) is 2.53. The topological polar surface area (TPSA) is 43.6 Å². The lowest BCUT2D eigenvalue weighted by Crippen LogP contribution is -2.02. The fourth-order valence-electron chi connectivity index (χ4n) is 1.60. The molecule has 0 spiro atoms. The number of rotatable bonds is 6. The summed E-state index contributed by atoms with van der Waals surface area (Å²) in [5.41, 5.74) is 2.28. The van der Waals surface area contributed by atoms with Crippen LogP contribution in [0.1, 0.15) is 17.7 Å². The first kappa shape index (κ1) is 12.0. The molecule has 0 aromatic carbocycles. The van der Waals surface area contributed by atoms with Gasteiger partial charge in [-0.2, -0.15) is 0 Å². The van der Waals surface area contributed by atoms with E-state index in [0.29, 0.717) is 5.88 Å². The second-order valence-corrected chi connectivity index (χ2v) is 4.25. The summed E-state index contributed by atoms with van der Waals surface area (Å²) < 4.78 is 1.88. The monoisotopic (exact) mass is 250 g/mol. The van der Waals surface area contributed by atoms with Crippen molar-refractivity contribution in [1.82, 2.24) is 20.0 Å². The summed E-state index contributed by atoms with van der Waals surface area (Å²) in [6, 6.07) is 4.04. The quantitative estimate of drug-likeness (QED) is 0.738. The van der Waals surface area contributed by atoms with E-state index < -0.39 is 0 Å². The minimum Gasteiger partial charge on any atom is -0.265 e. The maximum absolute atomic E-state index is 5.64. The Bertz CT molecular complexity index is 441. The molecule has 2 aromatic rings. The molecule has 0 N–H and O–H groups in total. The summed E-state index contributed by atoms with van der Waals surface area (Å²) in [6.45, 7) is 0.845. The largest absolute Gasteiger partial charge is 0.265 e. The summed E-state index contributed by atoms with van der Waals surface area (Å²) in [4.78, 5) is 3.99. The van der Waals surface area contributed by atoms with E-state index in [4.69, 9.17) is 11.6 Å². The Morgan fingerprint density at radius 3 is 2.76 bits per heavy atom. The van der Waals surface area contributed by atoms with E-state index in [1.165, 1.54) is 5.56 Å². The summed E-state index contributed by atoms with van der Waals surface area (Å²) in [5.74, 6) is 0.671. The van der Waals surface area contributed by atoms with Crippen LogP contribution in [0.4, 0.5) is 0 Å². The highest BCUT2D eigenvalue weighted by Crippen LogP contribution is 2.02. The number of nitrogens with zero attached hydrogens (tertiary/aromatic N) is 4. The first-order valence-corrected chi connectivity index (χ1v) is 6.26. The Kier molecular flexibility index (Phi) is 4.50. The molecule has 0 amide bonds. The van der Waals surface area contributed by atoms with Crippen LogP contribution in [0.25, 0.3) is 0 Å². The molecule has 0 fully saturated rings. The zero-order chi connectivity index (χ0) is 11.9. The van der Waals surface area contributed by atoms with E-state index in [2.05, 4.69) is 15.3 Å². The van der Waals surface area contributed by atoms with Crippen molar-refractivity contribution in [3.63, 3.8) is 0 Å². The lowest BCUT2D eigenvalue weighted by Gasteiger charge is -2.00. The smallest absolute Gasteiger partial charge is 0.0827 e. The predicted molar refractivity (Wildman–Crippen MR) is 67.0 cm³/mol. The van der Waals surface area contributed by atoms with Gasteiger partial charge in [0.15, 0.2) is 0 Å². The van der Waals surface area contributed by atoms with E-state index in [0.717, 1.165) is 31.5 Å². The molecule has 0 unspecified atom stereocenters. The van der Waals surface area contributed by atoms with Gasteiger partial charge in [-0.3, -0.25) is 9.67 Å². The average Bonchev–Trinajstić information content (AvgIpc) is 2.83. The second kappa shape index (κ2) is 6.35. The van der Waals surface area contributed by atoms with Crippen LogP contribution in [0.3, 0.4) is 0 Å². The van der Waals surface area contributed by atoms with Crippen LogP contribution >= 0.6 is 11.6 Å². The Labute approximate surface area is 106 Å². The highest BCUT2D eigenvalue weighted by molar-refractivity contribution is 6.17. The van der Waals surface area contributed by atoms with Crippen LogP contribution in [0.5, 0.6) is 0 Å². The van der Waals surface area contributed by atoms with Gasteiger partial charge in [0, 0.05) is 31.0 Å². The van der Waals surface area contributed by atoms with Crippen molar-refractivity contribution < 1.29 is 0 Å². The van der Waals surface area contributed by atoms with Crippen LogP contribution in [0.2, 0.25) is 0 Å². The summed E-state index contributed by atoms with van der Waals surface area (Å²) >= 11 is 5.64. The molecular weight excluding hydrogens is 236 g/mol. The van der Waals surface area contributed by atoms with Crippen LogP contribution in [-0.2, 0) is 19.4 Å². The first-order valence-electron chi connectivity index (χ1n) is 5.72. The molecule has 17 heavy (non-hydrogen) atoms. The Morgan fingerprint density at radius 2 is 2.00 bits per heavy atom. The van der Waals surface area contributed by atoms with Gasteiger partial charge >= 0.3 is 0 Å². The predicted octanol–water partition coefficient (Wildman–Crippen LogP) is 2.09.